The second-order valence-electron chi connectivity index (χ2n) is 7.22. The highest BCUT2D eigenvalue weighted by Gasteiger charge is 2.24. The summed E-state index contributed by atoms with van der Waals surface area (Å²) in [6.45, 7) is 0.383. The van der Waals surface area contributed by atoms with Gasteiger partial charge in [-0.2, -0.15) is 5.10 Å². The highest BCUT2D eigenvalue weighted by molar-refractivity contribution is 6.16. The predicted octanol–water partition coefficient (Wildman–Crippen LogP) is 4.59. The normalized spacial score (nSPS) is 12.7. The molecule has 31 heavy (non-hydrogen) atoms. The molecule has 0 aliphatic carbocycles. The van der Waals surface area contributed by atoms with Gasteiger partial charge in [-0.3, -0.25) is 14.5 Å². The van der Waals surface area contributed by atoms with Crippen LogP contribution in [0.2, 0.25) is 0 Å². The number of hydrogen-bond acceptors (Lipinski definition) is 3. The summed E-state index contributed by atoms with van der Waals surface area (Å²) in [6, 6.07) is 12.4. The molecule has 0 saturated heterocycles. The second-order valence-corrected chi connectivity index (χ2v) is 7.22. The maximum atomic E-state index is 14.8. The largest absolute Gasteiger partial charge is 0.322 e. The number of fused-ring (bicyclic) bond motifs is 2. The summed E-state index contributed by atoms with van der Waals surface area (Å²) in [7, 11) is 1.56. The predicted molar refractivity (Wildman–Crippen MR) is 111 cm³/mol. The number of aryl methyl sites for hydroxylation is 1. The van der Waals surface area contributed by atoms with Gasteiger partial charge in [0.2, 0.25) is 0 Å². The fourth-order valence-electron chi connectivity index (χ4n) is 3.77. The highest BCUT2D eigenvalue weighted by Crippen LogP contribution is 2.28. The third-order valence-electron chi connectivity index (χ3n) is 5.33. The SMILES string of the molecule is Cn1ncc2c(F)c(C(=O)Nc3ccc4c(c3)C(c3ccccc3F)=NC4)c(F)cc21. The zero-order valence-electron chi connectivity index (χ0n) is 16.3. The van der Waals surface area contributed by atoms with E-state index >= 15 is 0 Å². The molecule has 0 spiro atoms. The van der Waals surface area contributed by atoms with Gasteiger partial charge in [-0.05, 0) is 29.8 Å². The second kappa shape index (κ2) is 7.09. The number of rotatable bonds is 3. The molecular weight excluding hydrogens is 405 g/mol. The number of benzene rings is 3. The van der Waals surface area contributed by atoms with Crippen LogP contribution in [0.15, 0.2) is 59.7 Å². The molecule has 8 heteroatoms. The van der Waals surface area contributed by atoms with Gasteiger partial charge in [0.1, 0.15) is 23.0 Å². The number of hydrogen-bond donors (Lipinski definition) is 1. The third kappa shape index (κ3) is 3.07. The van der Waals surface area contributed by atoms with Crippen molar-refractivity contribution in [1.29, 1.82) is 0 Å². The molecule has 5 rings (SSSR count). The first-order chi connectivity index (χ1) is 14.9. The summed E-state index contributed by atoms with van der Waals surface area (Å²) in [4.78, 5) is 17.1. The van der Waals surface area contributed by atoms with Crippen molar-refractivity contribution in [1.82, 2.24) is 9.78 Å². The Hall–Kier alpha value is -3.94. The summed E-state index contributed by atoms with van der Waals surface area (Å²) in [6.07, 6.45) is 1.24. The minimum absolute atomic E-state index is 0.0528. The van der Waals surface area contributed by atoms with E-state index in [2.05, 4.69) is 15.4 Å². The summed E-state index contributed by atoms with van der Waals surface area (Å²) in [5.74, 6) is -3.29. The summed E-state index contributed by atoms with van der Waals surface area (Å²) < 4.78 is 44.9. The molecule has 1 N–H and O–H groups in total. The molecule has 2 heterocycles. The van der Waals surface area contributed by atoms with Crippen LogP contribution in [0.3, 0.4) is 0 Å². The summed E-state index contributed by atoms with van der Waals surface area (Å²) >= 11 is 0. The van der Waals surface area contributed by atoms with Crippen LogP contribution in [0.1, 0.15) is 27.0 Å². The maximum absolute atomic E-state index is 14.8. The average molecular weight is 420 g/mol. The molecule has 4 aromatic rings. The first kappa shape index (κ1) is 19.0. The monoisotopic (exact) mass is 420 g/mol. The maximum Gasteiger partial charge on any atom is 0.261 e. The molecule has 1 aromatic heterocycles. The number of amides is 1. The van der Waals surface area contributed by atoms with Crippen LogP contribution in [0.5, 0.6) is 0 Å². The number of carbonyl (C=O) groups is 1. The smallest absolute Gasteiger partial charge is 0.261 e. The van der Waals surface area contributed by atoms with Gasteiger partial charge in [-0.15, -0.1) is 0 Å². The molecular formula is C23H15F3N4O. The van der Waals surface area contributed by atoms with Crippen molar-refractivity contribution in [2.24, 2.45) is 12.0 Å². The van der Waals surface area contributed by atoms with Gasteiger partial charge < -0.3 is 5.32 Å². The molecule has 1 aliphatic rings. The van der Waals surface area contributed by atoms with Crippen LogP contribution >= 0.6 is 0 Å². The van der Waals surface area contributed by atoms with Gasteiger partial charge in [-0.25, -0.2) is 13.2 Å². The Morgan fingerprint density at radius 2 is 1.84 bits per heavy atom. The fraction of sp³-hybridized carbons (Fsp3) is 0.0870. The van der Waals surface area contributed by atoms with Crippen molar-refractivity contribution in [3.8, 4) is 0 Å². The molecule has 0 unspecified atom stereocenters. The molecule has 1 amide bonds. The number of anilines is 1. The molecule has 0 atom stereocenters. The highest BCUT2D eigenvalue weighted by atomic mass is 19.1. The van der Waals surface area contributed by atoms with Gasteiger partial charge in [0.25, 0.3) is 5.91 Å². The topological polar surface area (TPSA) is 59.3 Å². The Balaban J connectivity index is 1.49. The van der Waals surface area contributed by atoms with Crippen molar-refractivity contribution in [2.75, 3.05) is 5.32 Å². The van der Waals surface area contributed by atoms with Crippen molar-refractivity contribution >= 4 is 28.2 Å². The zero-order valence-corrected chi connectivity index (χ0v) is 16.3. The molecule has 0 bridgehead atoms. The van der Waals surface area contributed by atoms with Gasteiger partial charge >= 0.3 is 0 Å². The van der Waals surface area contributed by atoms with Crippen LogP contribution in [0.25, 0.3) is 10.9 Å². The Morgan fingerprint density at radius 1 is 1.03 bits per heavy atom. The average Bonchev–Trinajstić information content (AvgIpc) is 3.32. The standard InChI is InChI=1S/C23H15F3N4O/c1-30-19-9-18(25)20(21(26)16(19)11-28-30)23(31)29-13-7-6-12-10-27-22(15(12)8-13)14-4-2-3-5-17(14)24/h2-9,11H,10H2,1H3,(H,29,31). The Labute approximate surface area is 174 Å². The van der Waals surface area contributed by atoms with E-state index in [0.29, 0.717) is 29.1 Å². The van der Waals surface area contributed by atoms with E-state index in [1.807, 2.05) is 0 Å². The minimum Gasteiger partial charge on any atom is -0.322 e. The van der Waals surface area contributed by atoms with Crippen molar-refractivity contribution < 1.29 is 18.0 Å². The van der Waals surface area contributed by atoms with Crippen LogP contribution in [-0.4, -0.2) is 21.4 Å². The molecule has 5 nitrogen and oxygen atoms in total. The Bertz CT molecular complexity index is 1410. The van der Waals surface area contributed by atoms with E-state index in [1.165, 1.54) is 16.9 Å². The van der Waals surface area contributed by atoms with Crippen molar-refractivity contribution in [3.63, 3.8) is 0 Å². The molecule has 0 fully saturated rings. The number of halogens is 3. The number of aromatic nitrogens is 2. The minimum atomic E-state index is -0.985. The number of aliphatic imine (C=N–C) groups is 1. The first-order valence-corrected chi connectivity index (χ1v) is 9.47. The van der Waals surface area contributed by atoms with E-state index in [4.69, 9.17) is 0 Å². The summed E-state index contributed by atoms with van der Waals surface area (Å²) in [5, 5.41) is 6.49. The van der Waals surface area contributed by atoms with Gasteiger partial charge in [-0.1, -0.05) is 18.2 Å². The molecule has 0 radical (unpaired) electrons. The van der Waals surface area contributed by atoms with E-state index in [-0.39, 0.29) is 10.9 Å². The Morgan fingerprint density at radius 3 is 2.65 bits per heavy atom. The fourth-order valence-corrected chi connectivity index (χ4v) is 3.77. The number of nitrogens with one attached hydrogen (secondary N) is 1. The van der Waals surface area contributed by atoms with E-state index in [1.54, 1.807) is 43.4 Å². The van der Waals surface area contributed by atoms with Crippen molar-refractivity contribution in [3.05, 3.63) is 94.4 Å². The van der Waals surface area contributed by atoms with Crippen LogP contribution in [0.4, 0.5) is 18.9 Å². The molecule has 3 aromatic carbocycles. The zero-order chi connectivity index (χ0) is 21.7. The molecule has 0 saturated carbocycles. The summed E-state index contributed by atoms with van der Waals surface area (Å²) in [5.41, 5.74) is 2.22. The Kier molecular flexibility index (Phi) is 4.35. The quantitative estimate of drug-likeness (QED) is 0.527. The first-order valence-electron chi connectivity index (χ1n) is 9.47. The van der Waals surface area contributed by atoms with E-state index in [0.717, 1.165) is 11.6 Å². The van der Waals surface area contributed by atoms with Crippen LogP contribution in [-0.2, 0) is 13.6 Å². The van der Waals surface area contributed by atoms with Crippen LogP contribution in [0, 0.1) is 17.5 Å². The lowest BCUT2D eigenvalue weighted by molar-refractivity contribution is 0.101. The van der Waals surface area contributed by atoms with Crippen molar-refractivity contribution in [2.45, 2.75) is 6.54 Å². The van der Waals surface area contributed by atoms with Gasteiger partial charge in [0.05, 0.1) is 29.4 Å². The molecule has 1 aliphatic heterocycles. The lowest BCUT2D eigenvalue weighted by Gasteiger charge is -2.11. The third-order valence-corrected chi connectivity index (χ3v) is 5.33. The number of carbonyl (C=O) groups excluding carboxylic acids is 1. The molecule has 154 valence electrons. The van der Waals surface area contributed by atoms with E-state index in [9.17, 15) is 18.0 Å². The van der Waals surface area contributed by atoms with E-state index < -0.39 is 28.9 Å². The van der Waals surface area contributed by atoms with Gasteiger partial charge in [0.15, 0.2) is 0 Å². The van der Waals surface area contributed by atoms with Crippen LogP contribution < -0.4 is 5.32 Å². The lowest BCUT2D eigenvalue weighted by Crippen LogP contribution is -2.16. The van der Waals surface area contributed by atoms with Gasteiger partial charge in [0, 0.05) is 29.9 Å². The number of nitrogens with zero attached hydrogens (tertiary/aromatic N) is 3. The lowest BCUT2D eigenvalue weighted by atomic mass is 9.99.